The van der Waals surface area contributed by atoms with E-state index < -0.39 is 0 Å². The van der Waals surface area contributed by atoms with Crippen molar-refractivity contribution < 1.29 is 9.53 Å². The highest BCUT2D eigenvalue weighted by Crippen LogP contribution is 2.13. The first-order valence-electron chi connectivity index (χ1n) is 6.94. The molecule has 1 aromatic carbocycles. The molecule has 0 saturated carbocycles. The van der Waals surface area contributed by atoms with E-state index in [2.05, 4.69) is 0 Å². The summed E-state index contributed by atoms with van der Waals surface area (Å²) in [5, 5.41) is 17.3. The van der Waals surface area contributed by atoms with Crippen LogP contribution in [0.15, 0.2) is 24.3 Å². The molecule has 0 radical (unpaired) electrons. The lowest BCUT2D eigenvalue weighted by molar-refractivity contribution is -0.130. The number of carbonyl (C=O) groups is 1. The maximum Gasteiger partial charge on any atom is 0.227 e. The monoisotopic (exact) mass is 285 g/mol. The third-order valence-corrected chi connectivity index (χ3v) is 2.93. The van der Waals surface area contributed by atoms with Gasteiger partial charge in [0.05, 0.1) is 38.0 Å². The van der Waals surface area contributed by atoms with E-state index in [-0.39, 0.29) is 25.2 Å². The summed E-state index contributed by atoms with van der Waals surface area (Å²) in [5.74, 6) is 0.712. The van der Waals surface area contributed by atoms with Gasteiger partial charge in [0, 0.05) is 13.1 Å². The summed E-state index contributed by atoms with van der Waals surface area (Å²) in [5.41, 5.74) is 0.891. The number of nitriles is 2. The first-order valence-corrected chi connectivity index (χ1v) is 6.94. The quantitative estimate of drug-likeness (QED) is 0.734. The van der Waals surface area contributed by atoms with Gasteiger partial charge in [-0.1, -0.05) is 12.1 Å². The predicted molar refractivity (Wildman–Crippen MR) is 78.4 cm³/mol. The predicted octanol–water partition coefficient (Wildman–Crippen LogP) is 2.28. The standard InChI is InChI=1S/C16H19N3O2/c1-2-21-15-7-5-14(6-8-15)13-16(20)19(11-3-9-17)12-4-10-18/h5-8H,2-4,11-13H2,1H3. The second-order valence-corrected chi connectivity index (χ2v) is 4.45. The Morgan fingerprint density at radius 3 is 2.19 bits per heavy atom. The van der Waals surface area contributed by atoms with E-state index in [0.29, 0.717) is 19.7 Å². The zero-order valence-electron chi connectivity index (χ0n) is 12.2. The maximum absolute atomic E-state index is 12.2. The lowest BCUT2D eigenvalue weighted by Gasteiger charge is -2.20. The van der Waals surface area contributed by atoms with Crippen LogP contribution in [-0.2, 0) is 11.2 Å². The van der Waals surface area contributed by atoms with Gasteiger partial charge in [0.1, 0.15) is 5.75 Å². The zero-order chi connectivity index (χ0) is 15.5. The van der Waals surface area contributed by atoms with Crippen LogP contribution < -0.4 is 4.74 Å². The molecule has 0 saturated heterocycles. The van der Waals surface area contributed by atoms with Gasteiger partial charge >= 0.3 is 0 Å². The highest BCUT2D eigenvalue weighted by atomic mass is 16.5. The number of nitrogens with zero attached hydrogens (tertiary/aromatic N) is 3. The van der Waals surface area contributed by atoms with Crippen molar-refractivity contribution in [1.82, 2.24) is 4.90 Å². The fraction of sp³-hybridized carbons (Fsp3) is 0.438. The van der Waals surface area contributed by atoms with Crippen molar-refractivity contribution in [2.75, 3.05) is 19.7 Å². The molecule has 0 aliphatic heterocycles. The average Bonchev–Trinajstić information content (AvgIpc) is 2.49. The Morgan fingerprint density at radius 1 is 1.14 bits per heavy atom. The van der Waals surface area contributed by atoms with Crippen LogP contribution in [0, 0.1) is 22.7 Å². The van der Waals surface area contributed by atoms with E-state index in [1.165, 1.54) is 0 Å². The van der Waals surface area contributed by atoms with E-state index in [0.717, 1.165) is 11.3 Å². The molecule has 0 heterocycles. The molecular weight excluding hydrogens is 266 g/mol. The van der Waals surface area contributed by atoms with Crippen LogP contribution in [0.1, 0.15) is 25.3 Å². The molecule has 0 spiro atoms. The van der Waals surface area contributed by atoms with Crippen LogP contribution in [0.2, 0.25) is 0 Å². The summed E-state index contributed by atoms with van der Waals surface area (Å²) in [4.78, 5) is 13.8. The van der Waals surface area contributed by atoms with Crippen molar-refractivity contribution in [3.63, 3.8) is 0 Å². The van der Waals surface area contributed by atoms with Crippen molar-refractivity contribution in [3.8, 4) is 17.9 Å². The first kappa shape index (κ1) is 16.5. The van der Waals surface area contributed by atoms with Crippen molar-refractivity contribution in [1.29, 1.82) is 10.5 Å². The van der Waals surface area contributed by atoms with Crippen molar-refractivity contribution in [2.45, 2.75) is 26.2 Å². The number of hydrogen-bond acceptors (Lipinski definition) is 4. The smallest absolute Gasteiger partial charge is 0.227 e. The summed E-state index contributed by atoms with van der Waals surface area (Å²) < 4.78 is 5.35. The Kier molecular flexibility index (Phi) is 7.39. The van der Waals surface area contributed by atoms with Gasteiger partial charge < -0.3 is 9.64 Å². The number of ether oxygens (including phenoxy) is 1. The fourth-order valence-electron chi connectivity index (χ4n) is 1.89. The molecule has 0 bridgehead atoms. The molecular formula is C16H19N3O2. The van der Waals surface area contributed by atoms with Gasteiger partial charge in [0.15, 0.2) is 0 Å². The lowest BCUT2D eigenvalue weighted by atomic mass is 10.1. The number of rotatable bonds is 8. The molecule has 0 N–H and O–H groups in total. The summed E-state index contributed by atoms with van der Waals surface area (Å²) >= 11 is 0. The Hall–Kier alpha value is -2.53. The number of benzene rings is 1. The number of carbonyl (C=O) groups excluding carboxylic acids is 1. The van der Waals surface area contributed by atoms with Crippen LogP contribution in [0.25, 0.3) is 0 Å². The van der Waals surface area contributed by atoms with Gasteiger partial charge in [-0.3, -0.25) is 4.79 Å². The normalized spacial score (nSPS) is 9.48. The Balaban J connectivity index is 2.62. The van der Waals surface area contributed by atoms with Gasteiger partial charge in [0.25, 0.3) is 0 Å². The average molecular weight is 285 g/mol. The molecule has 5 nitrogen and oxygen atoms in total. The maximum atomic E-state index is 12.2. The van der Waals surface area contributed by atoms with Gasteiger partial charge in [0.2, 0.25) is 5.91 Å². The molecule has 1 aromatic rings. The van der Waals surface area contributed by atoms with Crippen molar-refractivity contribution in [2.24, 2.45) is 0 Å². The first-order chi connectivity index (χ1) is 10.2. The molecule has 1 amide bonds. The van der Waals surface area contributed by atoms with Gasteiger partial charge in [-0.25, -0.2) is 0 Å². The van der Waals surface area contributed by atoms with E-state index in [1.807, 2.05) is 43.3 Å². The van der Waals surface area contributed by atoms with Crippen LogP contribution in [0.3, 0.4) is 0 Å². The van der Waals surface area contributed by atoms with E-state index in [9.17, 15) is 4.79 Å². The number of hydrogen-bond donors (Lipinski definition) is 0. The summed E-state index contributed by atoms with van der Waals surface area (Å²) in [7, 11) is 0. The molecule has 5 heteroatoms. The second-order valence-electron chi connectivity index (χ2n) is 4.45. The van der Waals surface area contributed by atoms with Crippen molar-refractivity contribution >= 4 is 5.91 Å². The lowest BCUT2D eigenvalue weighted by Crippen LogP contribution is -2.33. The Labute approximate surface area is 125 Å². The molecule has 0 aromatic heterocycles. The minimum atomic E-state index is -0.0651. The van der Waals surface area contributed by atoms with Crippen molar-refractivity contribution in [3.05, 3.63) is 29.8 Å². The van der Waals surface area contributed by atoms with Crippen LogP contribution >= 0.6 is 0 Å². The molecule has 0 aliphatic rings. The molecule has 0 unspecified atom stereocenters. The Bertz CT molecular complexity index is 508. The summed E-state index contributed by atoms with van der Waals surface area (Å²) in [6.07, 6.45) is 0.824. The molecule has 0 atom stereocenters. The highest BCUT2D eigenvalue weighted by Gasteiger charge is 2.13. The van der Waals surface area contributed by atoms with Crippen LogP contribution in [-0.4, -0.2) is 30.5 Å². The summed E-state index contributed by atoms with van der Waals surface area (Å²) in [6.45, 7) is 3.26. The Morgan fingerprint density at radius 2 is 1.71 bits per heavy atom. The molecule has 21 heavy (non-hydrogen) atoms. The summed E-state index contributed by atoms with van der Waals surface area (Å²) in [6, 6.07) is 11.4. The van der Waals surface area contributed by atoms with Gasteiger partial charge in [-0.15, -0.1) is 0 Å². The minimum absolute atomic E-state index is 0.0651. The highest BCUT2D eigenvalue weighted by molar-refractivity contribution is 5.78. The molecule has 110 valence electrons. The second kappa shape index (κ2) is 9.39. The van der Waals surface area contributed by atoms with Crippen LogP contribution in [0.4, 0.5) is 0 Å². The topological polar surface area (TPSA) is 77.1 Å². The SMILES string of the molecule is CCOc1ccc(CC(=O)N(CCC#N)CCC#N)cc1. The molecule has 1 rings (SSSR count). The van der Waals surface area contributed by atoms with Gasteiger partial charge in [-0.2, -0.15) is 10.5 Å². The minimum Gasteiger partial charge on any atom is -0.494 e. The molecule has 0 aliphatic carbocycles. The van der Waals surface area contributed by atoms with E-state index in [1.54, 1.807) is 4.90 Å². The van der Waals surface area contributed by atoms with E-state index >= 15 is 0 Å². The third-order valence-electron chi connectivity index (χ3n) is 2.93. The molecule has 0 fully saturated rings. The zero-order valence-corrected chi connectivity index (χ0v) is 12.2. The fourth-order valence-corrected chi connectivity index (χ4v) is 1.89. The largest absolute Gasteiger partial charge is 0.494 e. The van der Waals surface area contributed by atoms with E-state index in [4.69, 9.17) is 15.3 Å². The number of amides is 1. The third kappa shape index (κ3) is 5.97. The van der Waals surface area contributed by atoms with Crippen LogP contribution in [0.5, 0.6) is 5.75 Å². The van der Waals surface area contributed by atoms with Gasteiger partial charge in [-0.05, 0) is 24.6 Å².